The lowest BCUT2D eigenvalue weighted by Crippen LogP contribution is -2.16. The molecule has 2 rings (SSSR count). The Labute approximate surface area is 123 Å². The molecule has 0 amide bonds. The molecule has 0 spiro atoms. The van der Waals surface area contributed by atoms with Crippen molar-refractivity contribution in [3.8, 4) is 0 Å². The van der Waals surface area contributed by atoms with Gasteiger partial charge in [0, 0.05) is 31.0 Å². The van der Waals surface area contributed by atoms with Crippen LogP contribution in [0, 0.1) is 11.6 Å². The summed E-state index contributed by atoms with van der Waals surface area (Å²) in [5.41, 5.74) is 1.12. The fourth-order valence-corrected chi connectivity index (χ4v) is 1.92. The summed E-state index contributed by atoms with van der Waals surface area (Å²) in [6.45, 7) is 6.16. The van der Waals surface area contributed by atoms with E-state index in [4.69, 9.17) is 0 Å². The zero-order valence-electron chi connectivity index (χ0n) is 12.7. The first-order chi connectivity index (χ1) is 9.79. The Bertz CT molecular complexity index is 648. The third-order valence-corrected chi connectivity index (χ3v) is 3.16. The molecule has 1 aromatic carbocycles. The second-order valence-electron chi connectivity index (χ2n) is 5.97. The highest BCUT2D eigenvalue weighted by molar-refractivity contribution is 5.38. The summed E-state index contributed by atoms with van der Waals surface area (Å²) < 4.78 is 26.7. The van der Waals surface area contributed by atoms with Gasteiger partial charge in [0.2, 0.25) is 0 Å². The molecule has 0 aliphatic rings. The molecule has 0 atom stereocenters. The number of hydrogen-bond donors (Lipinski definition) is 1. The van der Waals surface area contributed by atoms with Crippen LogP contribution in [0.1, 0.15) is 37.9 Å². The molecule has 0 unspecified atom stereocenters. The second-order valence-corrected chi connectivity index (χ2v) is 5.97. The van der Waals surface area contributed by atoms with Crippen LogP contribution in [-0.4, -0.2) is 17.0 Å². The summed E-state index contributed by atoms with van der Waals surface area (Å²) in [6.07, 6.45) is 0.227. The highest BCUT2D eigenvalue weighted by Gasteiger charge is 2.18. The molecule has 0 bridgehead atoms. The van der Waals surface area contributed by atoms with E-state index in [9.17, 15) is 8.78 Å². The van der Waals surface area contributed by atoms with Gasteiger partial charge in [0.1, 0.15) is 23.3 Å². The van der Waals surface area contributed by atoms with Crippen molar-refractivity contribution in [2.75, 3.05) is 12.4 Å². The maximum atomic E-state index is 13.7. The lowest BCUT2D eigenvalue weighted by Gasteiger charge is -2.19. The van der Waals surface area contributed by atoms with Crippen molar-refractivity contribution in [3.05, 3.63) is 53.0 Å². The molecule has 0 radical (unpaired) electrons. The van der Waals surface area contributed by atoms with Gasteiger partial charge >= 0.3 is 0 Å². The maximum absolute atomic E-state index is 13.7. The molecule has 0 saturated heterocycles. The van der Waals surface area contributed by atoms with E-state index in [0.717, 1.165) is 11.8 Å². The van der Waals surface area contributed by atoms with E-state index in [0.29, 0.717) is 17.2 Å². The van der Waals surface area contributed by atoms with Crippen molar-refractivity contribution in [2.45, 2.75) is 32.6 Å². The third-order valence-electron chi connectivity index (χ3n) is 3.16. The van der Waals surface area contributed by atoms with Gasteiger partial charge < -0.3 is 5.32 Å². The Balaban J connectivity index is 2.39. The van der Waals surface area contributed by atoms with E-state index < -0.39 is 11.6 Å². The molecular weight excluding hydrogens is 272 g/mol. The fourth-order valence-electron chi connectivity index (χ4n) is 1.92. The minimum atomic E-state index is -0.587. The maximum Gasteiger partial charge on any atom is 0.135 e. The summed E-state index contributed by atoms with van der Waals surface area (Å²) in [6, 6.07) is 5.42. The molecular formula is C16H19F2N3. The monoisotopic (exact) mass is 291 g/mol. The lowest BCUT2D eigenvalue weighted by molar-refractivity contribution is 0.560. The molecule has 21 heavy (non-hydrogen) atoms. The van der Waals surface area contributed by atoms with Crippen molar-refractivity contribution in [3.63, 3.8) is 0 Å². The molecule has 112 valence electrons. The Morgan fingerprint density at radius 2 is 1.81 bits per heavy atom. The fraction of sp³-hybridized carbons (Fsp3) is 0.375. The molecule has 2 aromatic rings. The lowest BCUT2D eigenvalue weighted by atomic mass is 9.92. The predicted octanol–water partition coefficient (Wildman–Crippen LogP) is 3.68. The van der Waals surface area contributed by atoms with Gasteiger partial charge in [-0.15, -0.1) is 0 Å². The third kappa shape index (κ3) is 3.74. The topological polar surface area (TPSA) is 37.8 Å². The van der Waals surface area contributed by atoms with E-state index >= 15 is 0 Å². The average molecular weight is 291 g/mol. The number of anilines is 1. The van der Waals surface area contributed by atoms with Gasteiger partial charge in [-0.1, -0.05) is 26.8 Å². The number of halogens is 2. The van der Waals surface area contributed by atoms with Crippen LogP contribution in [0.5, 0.6) is 0 Å². The van der Waals surface area contributed by atoms with Crippen LogP contribution < -0.4 is 5.32 Å². The van der Waals surface area contributed by atoms with Gasteiger partial charge in [0.25, 0.3) is 0 Å². The zero-order chi connectivity index (χ0) is 15.6. The first kappa shape index (κ1) is 15.4. The van der Waals surface area contributed by atoms with Crippen molar-refractivity contribution >= 4 is 5.82 Å². The Morgan fingerprint density at radius 3 is 2.38 bits per heavy atom. The molecule has 0 aliphatic carbocycles. The smallest absolute Gasteiger partial charge is 0.135 e. The highest BCUT2D eigenvalue weighted by Crippen LogP contribution is 2.23. The summed E-state index contributed by atoms with van der Waals surface area (Å²) in [5, 5.41) is 2.98. The van der Waals surface area contributed by atoms with Gasteiger partial charge in [0.15, 0.2) is 0 Å². The first-order valence-electron chi connectivity index (χ1n) is 6.79. The van der Waals surface area contributed by atoms with Gasteiger partial charge in [-0.25, -0.2) is 18.7 Å². The quantitative estimate of drug-likeness (QED) is 0.937. The van der Waals surface area contributed by atoms with Crippen LogP contribution >= 0.6 is 0 Å². The minimum absolute atomic E-state index is 0.134. The number of nitrogens with one attached hydrogen (secondary N) is 1. The Morgan fingerprint density at radius 1 is 1.10 bits per heavy atom. The van der Waals surface area contributed by atoms with E-state index in [-0.39, 0.29) is 11.8 Å². The van der Waals surface area contributed by atoms with E-state index in [1.807, 2.05) is 6.07 Å². The van der Waals surface area contributed by atoms with Crippen LogP contribution in [0.2, 0.25) is 0 Å². The Kier molecular flexibility index (Phi) is 4.21. The highest BCUT2D eigenvalue weighted by atomic mass is 19.1. The van der Waals surface area contributed by atoms with Crippen molar-refractivity contribution in [2.24, 2.45) is 0 Å². The number of rotatable bonds is 3. The zero-order valence-corrected chi connectivity index (χ0v) is 12.7. The SMILES string of the molecule is CNc1cc(C(C)(C)C)nc(Cc2ccc(F)cc2F)n1. The Hall–Kier alpha value is -2.04. The molecule has 1 N–H and O–H groups in total. The average Bonchev–Trinajstić information content (AvgIpc) is 2.40. The minimum Gasteiger partial charge on any atom is -0.373 e. The van der Waals surface area contributed by atoms with Crippen molar-refractivity contribution in [1.29, 1.82) is 0 Å². The van der Waals surface area contributed by atoms with E-state index in [2.05, 4.69) is 36.1 Å². The number of nitrogens with zero attached hydrogens (tertiary/aromatic N) is 2. The van der Waals surface area contributed by atoms with E-state index in [1.54, 1.807) is 7.05 Å². The van der Waals surface area contributed by atoms with Crippen molar-refractivity contribution < 1.29 is 8.78 Å². The molecule has 0 fully saturated rings. The summed E-state index contributed by atoms with van der Waals surface area (Å²) in [5.74, 6) is 0.0343. The van der Waals surface area contributed by atoms with Crippen LogP contribution in [-0.2, 0) is 11.8 Å². The molecule has 3 nitrogen and oxygen atoms in total. The largest absolute Gasteiger partial charge is 0.373 e. The number of benzene rings is 1. The normalized spacial score (nSPS) is 11.5. The molecule has 1 aromatic heterocycles. The first-order valence-corrected chi connectivity index (χ1v) is 6.79. The van der Waals surface area contributed by atoms with Gasteiger partial charge in [-0.05, 0) is 11.6 Å². The van der Waals surface area contributed by atoms with E-state index in [1.165, 1.54) is 12.1 Å². The van der Waals surface area contributed by atoms with Crippen LogP contribution in [0.4, 0.5) is 14.6 Å². The van der Waals surface area contributed by atoms with Crippen molar-refractivity contribution in [1.82, 2.24) is 9.97 Å². The van der Waals surface area contributed by atoms with Gasteiger partial charge in [-0.3, -0.25) is 0 Å². The summed E-state index contributed by atoms with van der Waals surface area (Å²) >= 11 is 0. The van der Waals surface area contributed by atoms with Gasteiger partial charge in [0.05, 0.1) is 5.69 Å². The number of aromatic nitrogens is 2. The second kappa shape index (κ2) is 5.76. The van der Waals surface area contributed by atoms with Crippen LogP contribution in [0.25, 0.3) is 0 Å². The number of hydrogen-bond acceptors (Lipinski definition) is 3. The predicted molar refractivity (Wildman–Crippen MR) is 79.4 cm³/mol. The van der Waals surface area contributed by atoms with Crippen LogP contribution in [0.3, 0.4) is 0 Å². The van der Waals surface area contributed by atoms with Gasteiger partial charge in [-0.2, -0.15) is 0 Å². The molecule has 1 heterocycles. The molecule has 0 aliphatic heterocycles. The summed E-state index contributed by atoms with van der Waals surface area (Å²) in [4.78, 5) is 8.84. The van der Waals surface area contributed by atoms with Crippen LogP contribution in [0.15, 0.2) is 24.3 Å². The summed E-state index contributed by atoms with van der Waals surface area (Å²) in [7, 11) is 1.77. The standard InChI is InChI=1S/C16H19F2N3/c1-16(2,3)13-9-14(19-4)21-15(20-13)7-10-5-6-11(17)8-12(10)18/h5-6,8-9H,7H2,1-4H3,(H,19,20,21). The molecule has 0 saturated carbocycles. The molecule has 5 heteroatoms.